The van der Waals surface area contributed by atoms with Crippen molar-refractivity contribution >= 4 is 10.0 Å². The first kappa shape index (κ1) is 15.4. The first-order valence-corrected chi connectivity index (χ1v) is 8.51. The minimum absolute atomic E-state index is 0.00679. The molecule has 2 N–H and O–H groups in total. The van der Waals surface area contributed by atoms with Gasteiger partial charge in [-0.2, -0.15) is 0 Å². The summed E-state index contributed by atoms with van der Waals surface area (Å²) in [7, 11) is -3.52. The minimum Gasteiger partial charge on any atom is -0.396 e. The van der Waals surface area contributed by atoms with Crippen molar-refractivity contribution in [2.24, 2.45) is 5.92 Å². The predicted molar refractivity (Wildman–Crippen MR) is 75.0 cm³/mol. The number of sulfonamides is 1. The highest BCUT2D eigenvalue weighted by Crippen LogP contribution is 2.24. The van der Waals surface area contributed by atoms with Crippen molar-refractivity contribution < 1.29 is 17.9 Å². The van der Waals surface area contributed by atoms with E-state index in [1.165, 1.54) is 18.2 Å². The van der Waals surface area contributed by atoms with Crippen LogP contribution in [-0.4, -0.2) is 26.2 Å². The second-order valence-electron chi connectivity index (χ2n) is 5.34. The standard InChI is InChI=1S/C14H20FNO3S/c15-13-6-3-4-11(8-13)10-20(18,19)16-14-7-2-1-5-12(14)9-17/h3-4,6,8,12,14,16-17H,1-2,5,7,9-10H2. The van der Waals surface area contributed by atoms with E-state index in [1.807, 2.05) is 0 Å². The molecule has 2 unspecified atom stereocenters. The van der Waals surface area contributed by atoms with Crippen LogP contribution in [0.4, 0.5) is 4.39 Å². The van der Waals surface area contributed by atoms with Crippen molar-refractivity contribution in [1.29, 1.82) is 0 Å². The van der Waals surface area contributed by atoms with Crippen molar-refractivity contribution in [2.75, 3.05) is 6.61 Å². The fraction of sp³-hybridized carbons (Fsp3) is 0.571. The Morgan fingerprint density at radius 2 is 2.05 bits per heavy atom. The molecule has 0 heterocycles. The van der Waals surface area contributed by atoms with Gasteiger partial charge in [0.1, 0.15) is 5.82 Å². The molecule has 0 spiro atoms. The third kappa shape index (κ3) is 4.26. The molecule has 0 saturated heterocycles. The molecular weight excluding hydrogens is 281 g/mol. The number of hydrogen-bond acceptors (Lipinski definition) is 3. The number of aliphatic hydroxyl groups is 1. The Balaban J connectivity index is 2.03. The Labute approximate surface area is 119 Å². The van der Waals surface area contributed by atoms with Gasteiger partial charge in [0, 0.05) is 12.6 Å². The largest absolute Gasteiger partial charge is 0.396 e. The second-order valence-corrected chi connectivity index (χ2v) is 7.09. The maximum absolute atomic E-state index is 13.1. The van der Waals surface area contributed by atoms with Gasteiger partial charge in [0.05, 0.1) is 5.75 Å². The van der Waals surface area contributed by atoms with E-state index < -0.39 is 15.8 Å². The maximum atomic E-state index is 13.1. The van der Waals surface area contributed by atoms with Gasteiger partial charge < -0.3 is 5.11 Å². The van der Waals surface area contributed by atoms with E-state index in [0.717, 1.165) is 25.7 Å². The summed E-state index contributed by atoms with van der Waals surface area (Å²) in [6.07, 6.45) is 3.56. The topological polar surface area (TPSA) is 66.4 Å². The molecule has 2 rings (SSSR count). The Morgan fingerprint density at radius 3 is 2.75 bits per heavy atom. The Hall–Kier alpha value is -0.980. The number of rotatable bonds is 5. The maximum Gasteiger partial charge on any atom is 0.216 e. The molecule has 0 radical (unpaired) electrons. The van der Waals surface area contributed by atoms with Crippen LogP contribution < -0.4 is 4.72 Å². The highest BCUT2D eigenvalue weighted by atomic mass is 32.2. The van der Waals surface area contributed by atoms with Crippen LogP contribution in [0.15, 0.2) is 24.3 Å². The van der Waals surface area contributed by atoms with E-state index in [0.29, 0.717) is 5.56 Å². The zero-order valence-electron chi connectivity index (χ0n) is 11.3. The van der Waals surface area contributed by atoms with Crippen LogP contribution in [0.5, 0.6) is 0 Å². The summed E-state index contributed by atoms with van der Waals surface area (Å²) in [5.41, 5.74) is 0.425. The predicted octanol–water partition coefficient (Wildman–Crippen LogP) is 1.80. The van der Waals surface area contributed by atoms with Gasteiger partial charge >= 0.3 is 0 Å². The Morgan fingerprint density at radius 1 is 1.30 bits per heavy atom. The fourth-order valence-electron chi connectivity index (χ4n) is 2.70. The average Bonchev–Trinajstić information content (AvgIpc) is 2.38. The van der Waals surface area contributed by atoms with E-state index in [2.05, 4.69) is 4.72 Å². The Kier molecular flexibility index (Phi) is 5.12. The van der Waals surface area contributed by atoms with Gasteiger partial charge in [0.2, 0.25) is 10.0 Å². The molecule has 1 saturated carbocycles. The van der Waals surface area contributed by atoms with E-state index >= 15 is 0 Å². The zero-order valence-corrected chi connectivity index (χ0v) is 12.1. The van der Waals surface area contributed by atoms with Crippen LogP contribution >= 0.6 is 0 Å². The quantitative estimate of drug-likeness (QED) is 0.871. The van der Waals surface area contributed by atoms with Gasteiger partial charge in [-0.05, 0) is 36.5 Å². The first-order valence-electron chi connectivity index (χ1n) is 6.85. The highest BCUT2D eigenvalue weighted by Gasteiger charge is 2.28. The molecule has 20 heavy (non-hydrogen) atoms. The smallest absolute Gasteiger partial charge is 0.216 e. The second kappa shape index (κ2) is 6.65. The van der Waals surface area contributed by atoms with Crippen LogP contribution in [0.3, 0.4) is 0 Å². The molecule has 1 aromatic carbocycles. The van der Waals surface area contributed by atoms with Gasteiger partial charge in [-0.3, -0.25) is 0 Å². The molecule has 1 fully saturated rings. The Bertz CT molecular complexity index is 547. The highest BCUT2D eigenvalue weighted by molar-refractivity contribution is 7.88. The molecule has 0 bridgehead atoms. The normalized spacial score (nSPS) is 23.7. The van der Waals surface area contributed by atoms with Crippen molar-refractivity contribution in [3.8, 4) is 0 Å². The van der Waals surface area contributed by atoms with Crippen molar-refractivity contribution in [3.63, 3.8) is 0 Å². The molecule has 1 aliphatic carbocycles. The van der Waals surface area contributed by atoms with E-state index in [1.54, 1.807) is 6.07 Å². The van der Waals surface area contributed by atoms with Gasteiger partial charge in [-0.15, -0.1) is 0 Å². The average molecular weight is 301 g/mol. The van der Waals surface area contributed by atoms with Crippen molar-refractivity contribution in [1.82, 2.24) is 4.72 Å². The third-order valence-electron chi connectivity index (χ3n) is 3.72. The minimum atomic E-state index is -3.52. The fourth-order valence-corrected chi connectivity index (χ4v) is 4.17. The molecule has 4 nitrogen and oxygen atoms in total. The number of benzene rings is 1. The van der Waals surface area contributed by atoms with Gasteiger partial charge in [-0.25, -0.2) is 17.5 Å². The lowest BCUT2D eigenvalue weighted by Gasteiger charge is -2.30. The van der Waals surface area contributed by atoms with E-state index in [4.69, 9.17) is 0 Å². The van der Waals surface area contributed by atoms with Crippen molar-refractivity contribution in [2.45, 2.75) is 37.5 Å². The van der Waals surface area contributed by atoms with Crippen LogP contribution in [0.25, 0.3) is 0 Å². The number of halogens is 1. The monoisotopic (exact) mass is 301 g/mol. The SMILES string of the molecule is O=S(=O)(Cc1cccc(F)c1)NC1CCCCC1CO. The molecule has 0 aliphatic heterocycles. The molecule has 0 aromatic heterocycles. The number of aliphatic hydroxyl groups excluding tert-OH is 1. The molecule has 1 aromatic rings. The van der Waals surface area contributed by atoms with Crippen molar-refractivity contribution in [3.05, 3.63) is 35.6 Å². The number of hydrogen-bond donors (Lipinski definition) is 2. The van der Waals surface area contributed by atoms with Crippen LogP contribution in [0.1, 0.15) is 31.2 Å². The van der Waals surface area contributed by atoms with Crippen LogP contribution in [0, 0.1) is 11.7 Å². The molecule has 6 heteroatoms. The summed E-state index contributed by atoms with van der Waals surface area (Å²) in [6.45, 7) is -0.00679. The lowest BCUT2D eigenvalue weighted by molar-refractivity contribution is 0.164. The lowest BCUT2D eigenvalue weighted by Crippen LogP contribution is -2.43. The van der Waals surface area contributed by atoms with Crippen LogP contribution in [-0.2, 0) is 15.8 Å². The first-order chi connectivity index (χ1) is 9.50. The third-order valence-corrected chi connectivity index (χ3v) is 5.10. The molecule has 0 amide bonds. The van der Waals surface area contributed by atoms with Gasteiger partial charge in [-0.1, -0.05) is 25.0 Å². The van der Waals surface area contributed by atoms with Gasteiger partial charge in [0.25, 0.3) is 0 Å². The number of nitrogens with one attached hydrogen (secondary N) is 1. The van der Waals surface area contributed by atoms with E-state index in [9.17, 15) is 17.9 Å². The van der Waals surface area contributed by atoms with Gasteiger partial charge in [0.15, 0.2) is 0 Å². The van der Waals surface area contributed by atoms with E-state index in [-0.39, 0.29) is 24.3 Å². The summed E-state index contributed by atoms with van der Waals surface area (Å²) in [5, 5.41) is 9.30. The molecular formula is C14H20FNO3S. The summed E-state index contributed by atoms with van der Waals surface area (Å²) in [4.78, 5) is 0. The lowest BCUT2D eigenvalue weighted by atomic mass is 9.86. The molecule has 1 aliphatic rings. The summed E-state index contributed by atoms with van der Waals surface area (Å²) in [5.74, 6) is -0.700. The zero-order chi connectivity index (χ0) is 14.6. The molecule has 112 valence electrons. The molecule has 2 atom stereocenters. The summed E-state index contributed by atoms with van der Waals surface area (Å²) in [6, 6.07) is 5.38. The van der Waals surface area contributed by atoms with Crippen LogP contribution in [0.2, 0.25) is 0 Å². The summed E-state index contributed by atoms with van der Waals surface area (Å²) >= 11 is 0. The summed E-state index contributed by atoms with van der Waals surface area (Å²) < 4.78 is 40.0.